The highest BCUT2D eigenvalue weighted by Crippen LogP contribution is 2.36. The van der Waals surface area contributed by atoms with Crippen molar-refractivity contribution in [3.8, 4) is 0 Å². The predicted octanol–water partition coefficient (Wildman–Crippen LogP) is 9.47. The number of hydrogen-bond donors (Lipinski definition) is 0. The Balaban J connectivity index is 4.80. The summed E-state index contributed by atoms with van der Waals surface area (Å²) in [5, 5.41) is 0. The van der Waals surface area contributed by atoms with Gasteiger partial charge < -0.3 is 0 Å². The van der Waals surface area contributed by atoms with Gasteiger partial charge in [-0.1, -0.05) is 136 Å². The van der Waals surface area contributed by atoms with Crippen LogP contribution in [0.1, 0.15) is 119 Å². The molecule has 2 atom stereocenters. The zero-order valence-electron chi connectivity index (χ0n) is 19.0. The summed E-state index contributed by atoms with van der Waals surface area (Å²) in [6.45, 7) is 14.6. The van der Waals surface area contributed by atoms with Gasteiger partial charge in [-0.2, -0.15) is 0 Å². The Morgan fingerprint density at radius 1 is 0.520 bits per heavy atom. The maximum Gasteiger partial charge on any atom is 0.0530 e. The van der Waals surface area contributed by atoms with E-state index in [2.05, 4.69) is 41.5 Å². The molecule has 0 N–H and O–H groups in total. The number of hydrogen-bond acceptors (Lipinski definition) is 0. The highest BCUT2D eigenvalue weighted by atomic mass is 28.3. The minimum Gasteiger partial charge on any atom is -0.0678 e. The fourth-order valence-electron chi connectivity index (χ4n) is 4.80. The van der Waals surface area contributed by atoms with E-state index in [9.17, 15) is 0 Å². The van der Waals surface area contributed by atoms with Crippen LogP contribution in [0.3, 0.4) is 0 Å². The second-order valence-electron chi connectivity index (χ2n) is 8.87. The van der Waals surface area contributed by atoms with Crippen molar-refractivity contribution in [3.05, 3.63) is 0 Å². The molecule has 0 amide bonds. The van der Waals surface area contributed by atoms with Gasteiger partial charge in [0, 0.05) is 0 Å². The van der Waals surface area contributed by atoms with E-state index >= 15 is 0 Å². The average molecular weight is 369 g/mol. The summed E-state index contributed by atoms with van der Waals surface area (Å²) < 4.78 is 0. The molecule has 0 saturated heterocycles. The highest BCUT2D eigenvalue weighted by Gasteiger charge is 2.30. The van der Waals surface area contributed by atoms with Crippen LogP contribution in [0.2, 0.25) is 24.2 Å². The van der Waals surface area contributed by atoms with Gasteiger partial charge in [0.1, 0.15) is 0 Å². The third kappa shape index (κ3) is 11.5. The summed E-state index contributed by atoms with van der Waals surface area (Å²) >= 11 is 0. The van der Waals surface area contributed by atoms with E-state index < -0.39 is 8.07 Å². The summed E-state index contributed by atoms with van der Waals surface area (Å²) in [5.74, 6) is 2.07. The minimum atomic E-state index is -0.972. The lowest BCUT2D eigenvalue weighted by molar-refractivity contribution is 0.315. The minimum absolute atomic E-state index is 0.972. The van der Waals surface area contributed by atoms with E-state index in [1.807, 2.05) is 0 Å². The largest absolute Gasteiger partial charge is 0.0678 e. The fraction of sp³-hybridized carbons (Fsp3) is 1.00. The first-order valence-corrected chi connectivity index (χ1v) is 14.9. The molecule has 0 nitrogen and oxygen atoms in total. The number of rotatable bonds is 18. The van der Waals surface area contributed by atoms with Gasteiger partial charge in [-0.3, -0.25) is 0 Å². The molecule has 25 heavy (non-hydrogen) atoms. The Labute approximate surface area is 163 Å². The Morgan fingerprint density at radius 2 is 1.00 bits per heavy atom. The Hall–Kier alpha value is 0.217. The molecule has 0 aromatic carbocycles. The Morgan fingerprint density at radius 3 is 1.48 bits per heavy atom. The summed E-state index contributed by atoms with van der Waals surface area (Å²) in [5.41, 5.74) is 0. The summed E-state index contributed by atoms with van der Waals surface area (Å²) in [6, 6.07) is 6.17. The quantitative estimate of drug-likeness (QED) is 0.167. The number of unbranched alkanes of at least 4 members (excludes halogenated alkanes) is 5. The lowest BCUT2D eigenvalue weighted by Gasteiger charge is -2.34. The zero-order valence-corrected chi connectivity index (χ0v) is 20.0. The van der Waals surface area contributed by atoms with Crippen LogP contribution in [0.15, 0.2) is 0 Å². The van der Waals surface area contributed by atoms with Crippen LogP contribution in [0.5, 0.6) is 0 Å². The van der Waals surface area contributed by atoms with Crippen molar-refractivity contribution in [1.82, 2.24) is 0 Å². The molecule has 0 spiro atoms. The molecule has 0 aliphatic carbocycles. The highest BCUT2D eigenvalue weighted by molar-refractivity contribution is 6.79. The molecule has 152 valence electrons. The molecular formula is C24H52Si. The van der Waals surface area contributed by atoms with Crippen LogP contribution >= 0.6 is 0 Å². The Bertz CT molecular complexity index is 261. The van der Waals surface area contributed by atoms with E-state index in [1.165, 1.54) is 88.8 Å². The SMILES string of the molecule is CCCCCCC(CCCC)CC(CCCC)C[Si](CC)(CC)CC. The normalized spacial score (nSPS) is 14.6. The van der Waals surface area contributed by atoms with Crippen molar-refractivity contribution in [2.24, 2.45) is 11.8 Å². The molecule has 1 heteroatoms. The molecule has 2 unspecified atom stereocenters. The molecule has 0 aliphatic rings. The molecular weight excluding hydrogens is 316 g/mol. The maximum atomic E-state index is 2.50. The van der Waals surface area contributed by atoms with Crippen LogP contribution in [0, 0.1) is 11.8 Å². The predicted molar refractivity (Wildman–Crippen MR) is 121 cm³/mol. The van der Waals surface area contributed by atoms with Crippen LogP contribution < -0.4 is 0 Å². The molecule has 0 aromatic rings. The Kier molecular flexibility index (Phi) is 16.5. The third-order valence-corrected chi connectivity index (χ3v) is 13.0. The first-order valence-electron chi connectivity index (χ1n) is 12.1. The lowest BCUT2D eigenvalue weighted by atomic mass is 9.85. The molecule has 0 bridgehead atoms. The fourth-order valence-corrected chi connectivity index (χ4v) is 8.76. The summed E-state index contributed by atoms with van der Waals surface area (Å²) in [4.78, 5) is 0. The van der Waals surface area contributed by atoms with Gasteiger partial charge in [-0.25, -0.2) is 0 Å². The van der Waals surface area contributed by atoms with Gasteiger partial charge >= 0.3 is 0 Å². The molecule has 0 saturated carbocycles. The van der Waals surface area contributed by atoms with E-state index in [4.69, 9.17) is 0 Å². The van der Waals surface area contributed by atoms with Crippen molar-refractivity contribution in [2.75, 3.05) is 0 Å². The van der Waals surface area contributed by atoms with Crippen LogP contribution in [0.25, 0.3) is 0 Å². The average Bonchev–Trinajstić information content (AvgIpc) is 2.65. The smallest absolute Gasteiger partial charge is 0.0530 e. The van der Waals surface area contributed by atoms with Gasteiger partial charge in [-0.05, 0) is 18.3 Å². The molecule has 0 heterocycles. The van der Waals surface area contributed by atoms with E-state index in [1.54, 1.807) is 12.5 Å². The second-order valence-corrected chi connectivity index (χ2v) is 14.4. The van der Waals surface area contributed by atoms with Gasteiger partial charge in [0.2, 0.25) is 0 Å². The van der Waals surface area contributed by atoms with Gasteiger partial charge in [-0.15, -0.1) is 0 Å². The van der Waals surface area contributed by atoms with Crippen LogP contribution in [0.4, 0.5) is 0 Å². The topological polar surface area (TPSA) is 0 Å². The van der Waals surface area contributed by atoms with E-state index in [0.717, 1.165) is 11.8 Å². The van der Waals surface area contributed by atoms with Crippen molar-refractivity contribution in [1.29, 1.82) is 0 Å². The van der Waals surface area contributed by atoms with Crippen molar-refractivity contribution >= 4 is 8.07 Å². The van der Waals surface area contributed by atoms with E-state index in [0.29, 0.717) is 0 Å². The van der Waals surface area contributed by atoms with Crippen molar-refractivity contribution < 1.29 is 0 Å². The first kappa shape index (κ1) is 25.2. The van der Waals surface area contributed by atoms with Gasteiger partial charge in [0.15, 0.2) is 0 Å². The lowest BCUT2D eigenvalue weighted by Crippen LogP contribution is -2.34. The van der Waals surface area contributed by atoms with Crippen LogP contribution in [-0.2, 0) is 0 Å². The molecule has 0 aromatic heterocycles. The van der Waals surface area contributed by atoms with Gasteiger partial charge in [0.05, 0.1) is 8.07 Å². The monoisotopic (exact) mass is 368 g/mol. The standard InChI is InChI=1S/C24H52Si/c1-7-13-16-17-20-23(18-14-8-2)21-24(19-15-9-3)22-25(10-4,11-5)12-6/h23-24H,7-22H2,1-6H3. The van der Waals surface area contributed by atoms with Gasteiger partial charge in [0.25, 0.3) is 0 Å². The van der Waals surface area contributed by atoms with Crippen LogP contribution in [-0.4, -0.2) is 8.07 Å². The summed E-state index contributed by atoms with van der Waals surface area (Å²) in [7, 11) is -0.972. The second kappa shape index (κ2) is 16.4. The van der Waals surface area contributed by atoms with Crippen molar-refractivity contribution in [2.45, 2.75) is 143 Å². The first-order chi connectivity index (χ1) is 12.1. The molecule has 0 fully saturated rings. The summed E-state index contributed by atoms with van der Waals surface area (Å²) in [6.07, 6.45) is 17.5. The maximum absolute atomic E-state index is 2.50. The molecule has 0 rings (SSSR count). The zero-order chi connectivity index (χ0) is 19.0. The molecule has 0 aliphatic heterocycles. The molecule has 0 radical (unpaired) electrons. The van der Waals surface area contributed by atoms with Crippen molar-refractivity contribution in [3.63, 3.8) is 0 Å². The third-order valence-electron chi connectivity index (χ3n) is 7.04. The van der Waals surface area contributed by atoms with E-state index in [-0.39, 0.29) is 0 Å².